The number of alkyl halides is 3. The van der Waals surface area contributed by atoms with E-state index in [0.717, 1.165) is 5.56 Å². The molecule has 0 bridgehead atoms. The Morgan fingerprint density at radius 1 is 1.12 bits per heavy atom. The number of carbonyl (C=O) groups excluding carboxylic acids is 1. The highest BCUT2D eigenvalue weighted by atomic mass is 19.4. The average Bonchev–Trinajstić information content (AvgIpc) is 3.24. The van der Waals surface area contributed by atoms with E-state index in [9.17, 15) is 22.8 Å². The molecule has 10 heteroatoms. The minimum absolute atomic E-state index is 0.0953. The number of anilines is 1. The lowest BCUT2D eigenvalue weighted by Crippen LogP contribution is -2.21. The van der Waals surface area contributed by atoms with E-state index in [0.29, 0.717) is 35.8 Å². The number of H-pyrrole nitrogens is 1. The number of pyridine rings is 1. The minimum atomic E-state index is -4.68. The number of nitrogens with zero attached hydrogens (tertiary/aromatic N) is 2. The van der Waals surface area contributed by atoms with Gasteiger partial charge in [-0.25, -0.2) is 0 Å². The Bertz CT molecular complexity index is 1360. The zero-order chi connectivity index (χ0) is 24.3. The Kier molecular flexibility index (Phi) is 6.22. The van der Waals surface area contributed by atoms with Crippen LogP contribution in [-0.2, 0) is 12.7 Å². The van der Waals surface area contributed by atoms with Crippen molar-refractivity contribution in [2.24, 2.45) is 0 Å². The van der Waals surface area contributed by atoms with E-state index < -0.39 is 28.9 Å². The Morgan fingerprint density at radius 3 is 2.47 bits per heavy atom. The van der Waals surface area contributed by atoms with Crippen LogP contribution < -0.4 is 15.6 Å². The molecule has 7 nitrogen and oxygen atoms in total. The molecule has 0 saturated carbocycles. The van der Waals surface area contributed by atoms with Crippen LogP contribution >= 0.6 is 0 Å². The molecule has 0 aliphatic carbocycles. The molecule has 0 spiro atoms. The van der Waals surface area contributed by atoms with Crippen LogP contribution in [0.5, 0.6) is 5.75 Å². The second-order valence-corrected chi connectivity index (χ2v) is 7.39. The van der Waals surface area contributed by atoms with Gasteiger partial charge in [0.25, 0.3) is 11.5 Å². The number of halogens is 3. The predicted octanol–water partition coefficient (Wildman–Crippen LogP) is 4.57. The van der Waals surface area contributed by atoms with Crippen molar-refractivity contribution in [2.75, 3.05) is 12.4 Å². The second kappa shape index (κ2) is 9.26. The van der Waals surface area contributed by atoms with Gasteiger partial charge in [0.15, 0.2) is 0 Å². The number of benzene rings is 2. The lowest BCUT2D eigenvalue weighted by molar-refractivity contribution is -0.137. The first-order valence-electron chi connectivity index (χ1n) is 10.1. The molecule has 174 valence electrons. The smallest absolute Gasteiger partial charge is 0.417 e. The fraction of sp³-hybridized carbons (Fsp3) is 0.125. The van der Waals surface area contributed by atoms with E-state index in [2.05, 4.69) is 10.4 Å². The van der Waals surface area contributed by atoms with Crippen molar-refractivity contribution in [3.63, 3.8) is 0 Å². The van der Waals surface area contributed by atoms with E-state index >= 15 is 0 Å². The van der Waals surface area contributed by atoms with Crippen LogP contribution in [0.25, 0.3) is 11.3 Å². The number of aromatic nitrogens is 3. The molecule has 0 unspecified atom stereocenters. The van der Waals surface area contributed by atoms with Crippen LogP contribution in [0, 0.1) is 0 Å². The van der Waals surface area contributed by atoms with Gasteiger partial charge in [-0.1, -0.05) is 30.3 Å². The maximum atomic E-state index is 13.1. The quantitative estimate of drug-likeness (QED) is 0.434. The monoisotopic (exact) mass is 468 g/mol. The summed E-state index contributed by atoms with van der Waals surface area (Å²) in [7, 11) is 1.52. The largest absolute Gasteiger partial charge is 0.497 e. The van der Waals surface area contributed by atoms with Crippen molar-refractivity contribution >= 4 is 11.6 Å². The van der Waals surface area contributed by atoms with Crippen molar-refractivity contribution in [2.45, 2.75) is 12.7 Å². The Hall–Kier alpha value is -4.34. The molecule has 2 aromatic heterocycles. The molecule has 34 heavy (non-hydrogen) atoms. The molecular weight excluding hydrogens is 449 g/mol. The molecule has 2 N–H and O–H groups in total. The van der Waals surface area contributed by atoms with Crippen LogP contribution in [-0.4, -0.2) is 27.8 Å². The predicted molar refractivity (Wildman–Crippen MR) is 120 cm³/mol. The highest BCUT2D eigenvalue weighted by Crippen LogP contribution is 2.30. The standard InChI is InChI=1S/C24H19F3N4O3/c1-34-18-9-7-16(8-10-18)21-19(14-31(30-21)13-15-5-3-2-4-6-15)22(32)29-20-11-17(24(25,26)27)12-28-23(20)33/h2-12,14H,13H2,1H3,(H,28,33)(H,29,32). The third-order valence-corrected chi connectivity index (χ3v) is 5.04. The number of rotatable bonds is 6. The molecule has 4 aromatic rings. The van der Waals surface area contributed by atoms with Gasteiger partial charge in [0.1, 0.15) is 17.1 Å². The lowest BCUT2D eigenvalue weighted by atomic mass is 10.1. The van der Waals surface area contributed by atoms with Crippen molar-refractivity contribution in [1.29, 1.82) is 0 Å². The summed E-state index contributed by atoms with van der Waals surface area (Å²) in [6.45, 7) is 0.363. The van der Waals surface area contributed by atoms with E-state index in [1.54, 1.807) is 28.9 Å². The third kappa shape index (κ3) is 5.01. The van der Waals surface area contributed by atoms with Crippen LogP contribution in [0.3, 0.4) is 0 Å². The fourth-order valence-electron chi connectivity index (χ4n) is 3.33. The molecule has 1 amide bonds. The Balaban J connectivity index is 1.71. The van der Waals surface area contributed by atoms with E-state index in [1.165, 1.54) is 13.3 Å². The molecule has 0 fully saturated rings. The number of methoxy groups -OCH3 is 1. The van der Waals surface area contributed by atoms with E-state index in [4.69, 9.17) is 4.74 Å². The maximum absolute atomic E-state index is 13.1. The van der Waals surface area contributed by atoms with E-state index in [1.807, 2.05) is 35.3 Å². The summed E-state index contributed by atoms with van der Waals surface area (Å²) in [6.07, 6.45) is -2.64. The third-order valence-electron chi connectivity index (χ3n) is 5.04. The number of hydrogen-bond acceptors (Lipinski definition) is 4. The lowest BCUT2D eigenvalue weighted by Gasteiger charge is -2.09. The van der Waals surface area contributed by atoms with Gasteiger partial charge in [-0.15, -0.1) is 0 Å². The molecular formula is C24H19F3N4O3. The number of nitrogens with one attached hydrogen (secondary N) is 2. The summed E-state index contributed by atoms with van der Waals surface area (Å²) >= 11 is 0. The van der Waals surface area contributed by atoms with Crippen molar-refractivity contribution in [3.05, 3.63) is 100 Å². The van der Waals surface area contributed by atoms with Crippen molar-refractivity contribution in [3.8, 4) is 17.0 Å². The minimum Gasteiger partial charge on any atom is -0.497 e. The topological polar surface area (TPSA) is 89.0 Å². The van der Waals surface area contributed by atoms with Gasteiger partial charge in [-0.2, -0.15) is 18.3 Å². The molecule has 0 atom stereocenters. The maximum Gasteiger partial charge on any atom is 0.417 e. The van der Waals surface area contributed by atoms with Gasteiger partial charge < -0.3 is 15.0 Å². The van der Waals surface area contributed by atoms with Crippen LogP contribution in [0.4, 0.5) is 18.9 Å². The molecule has 2 heterocycles. The normalized spacial score (nSPS) is 11.3. The van der Waals surface area contributed by atoms with Crippen molar-refractivity contribution in [1.82, 2.24) is 14.8 Å². The summed E-state index contributed by atoms with van der Waals surface area (Å²) in [5, 5.41) is 6.81. The van der Waals surface area contributed by atoms with Gasteiger partial charge in [-0.3, -0.25) is 14.3 Å². The molecule has 4 rings (SSSR count). The number of ether oxygens (including phenoxy) is 1. The number of aromatic amines is 1. The summed E-state index contributed by atoms with van der Waals surface area (Å²) in [5.74, 6) is -0.163. The van der Waals surface area contributed by atoms with Crippen molar-refractivity contribution < 1.29 is 22.7 Å². The SMILES string of the molecule is COc1ccc(-c2nn(Cc3ccccc3)cc2C(=O)Nc2cc(C(F)(F)F)c[nH]c2=O)cc1. The van der Waals surface area contributed by atoms with Crippen LogP contribution in [0.2, 0.25) is 0 Å². The van der Waals surface area contributed by atoms with Gasteiger partial charge in [0.05, 0.1) is 24.8 Å². The molecule has 2 aromatic carbocycles. The van der Waals surface area contributed by atoms with Gasteiger partial charge in [0, 0.05) is 18.0 Å². The van der Waals surface area contributed by atoms with Crippen LogP contribution in [0.15, 0.2) is 77.9 Å². The highest BCUT2D eigenvalue weighted by molar-refractivity contribution is 6.08. The van der Waals surface area contributed by atoms with Gasteiger partial charge >= 0.3 is 6.18 Å². The van der Waals surface area contributed by atoms with E-state index in [-0.39, 0.29) is 5.56 Å². The number of amides is 1. The highest BCUT2D eigenvalue weighted by Gasteiger charge is 2.31. The summed E-state index contributed by atoms with van der Waals surface area (Å²) in [6, 6.07) is 16.8. The molecule has 0 aliphatic heterocycles. The first-order chi connectivity index (χ1) is 16.2. The molecule has 0 saturated heterocycles. The first kappa shape index (κ1) is 22.8. The summed E-state index contributed by atoms with van der Waals surface area (Å²) in [4.78, 5) is 27.2. The molecule has 0 aliphatic rings. The Morgan fingerprint density at radius 2 is 1.82 bits per heavy atom. The molecule has 0 radical (unpaired) electrons. The number of hydrogen-bond donors (Lipinski definition) is 2. The van der Waals surface area contributed by atoms with Gasteiger partial charge in [-0.05, 0) is 35.9 Å². The average molecular weight is 468 g/mol. The first-order valence-corrected chi connectivity index (χ1v) is 10.1. The number of carbonyl (C=O) groups is 1. The fourth-order valence-corrected chi connectivity index (χ4v) is 3.33. The summed E-state index contributed by atoms with van der Waals surface area (Å²) in [5.41, 5.74) is -0.529. The zero-order valence-corrected chi connectivity index (χ0v) is 17.9. The summed E-state index contributed by atoms with van der Waals surface area (Å²) < 4.78 is 45.9. The zero-order valence-electron chi connectivity index (χ0n) is 17.9. The van der Waals surface area contributed by atoms with Gasteiger partial charge in [0.2, 0.25) is 0 Å². The Labute approximate surface area is 191 Å². The second-order valence-electron chi connectivity index (χ2n) is 7.39. The van der Waals surface area contributed by atoms with Crippen LogP contribution in [0.1, 0.15) is 21.5 Å².